The zero-order chi connectivity index (χ0) is 19.6. The Morgan fingerprint density at radius 1 is 1.11 bits per heavy atom. The lowest BCUT2D eigenvalue weighted by atomic mass is 10.1. The second-order valence-corrected chi connectivity index (χ2v) is 5.70. The highest BCUT2D eigenvalue weighted by atomic mass is 16.6. The van der Waals surface area contributed by atoms with Gasteiger partial charge in [-0.2, -0.15) is 5.10 Å². The summed E-state index contributed by atoms with van der Waals surface area (Å²) in [6.07, 6.45) is 0. The Morgan fingerprint density at radius 3 is 2.41 bits per heavy atom. The van der Waals surface area contributed by atoms with Crippen molar-refractivity contribution in [2.24, 2.45) is 0 Å². The number of carbonyl (C=O) groups is 2. The number of anilines is 1. The van der Waals surface area contributed by atoms with Gasteiger partial charge < -0.3 is 10.4 Å². The molecule has 136 valence electrons. The fraction of sp³-hybridized carbons (Fsp3) is 0.0556. The normalized spacial score (nSPS) is 10.4. The van der Waals surface area contributed by atoms with E-state index < -0.39 is 22.5 Å². The van der Waals surface area contributed by atoms with Gasteiger partial charge in [0.2, 0.25) is 0 Å². The summed E-state index contributed by atoms with van der Waals surface area (Å²) >= 11 is 0. The number of amides is 1. The van der Waals surface area contributed by atoms with E-state index in [4.69, 9.17) is 5.11 Å². The van der Waals surface area contributed by atoms with Crippen LogP contribution in [0.15, 0.2) is 54.6 Å². The van der Waals surface area contributed by atoms with Crippen molar-refractivity contribution in [3.63, 3.8) is 0 Å². The standard InChI is InChI=1S/C18H14N4O5/c1-11-7-16(21(20-11)14-5-3-2-4-6-14)19-17(23)12-8-13(18(24)25)10-15(9-12)22(26)27/h2-10H,1H3,(H,19,23)(H,24,25). The van der Waals surface area contributed by atoms with Crippen molar-refractivity contribution in [1.82, 2.24) is 9.78 Å². The van der Waals surface area contributed by atoms with Gasteiger partial charge in [-0.1, -0.05) is 18.2 Å². The maximum absolute atomic E-state index is 12.6. The highest BCUT2D eigenvalue weighted by Crippen LogP contribution is 2.21. The molecule has 0 saturated carbocycles. The number of carbonyl (C=O) groups excluding carboxylic acids is 1. The monoisotopic (exact) mass is 366 g/mol. The van der Waals surface area contributed by atoms with E-state index in [1.54, 1.807) is 25.1 Å². The van der Waals surface area contributed by atoms with Crippen LogP contribution in [0, 0.1) is 17.0 Å². The molecule has 2 aromatic carbocycles. The summed E-state index contributed by atoms with van der Waals surface area (Å²) in [7, 11) is 0. The first-order valence-corrected chi connectivity index (χ1v) is 7.81. The van der Waals surface area contributed by atoms with Crippen molar-refractivity contribution in [2.75, 3.05) is 5.32 Å². The van der Waals surface area contributed by atoms with E-state index in [1.165, 1.54) is 4.68 Å². The lowest BCUT2D eigenvalue weighted by molar-refractivity contribution is -0.384. The number of hydrogen-bond acceptors (Lipinski definition) is 5. The number of nitro benzene ring substituents is 1. The second kappa shape index (κ2) is 7.08. The van der Waals surface area contributed by atoms with Crippen LogP contribution in [0.2, 0.25) is 0 Å². The highest BCUT2D eigenvalue weighted by Gasteiger charge is 2.19. The maximum atomic E-state index is 12.6. The molecular formula is C18H14N4O5. The fourth-order valence-corrected chi connectivity index (χ4v) is 2.51. The van der Waals surface area contributed by atoms with Crippen LogP contribution in [-0.4, -0.2) is 31.7 Å². The van der Waals surface area contributed by atoms with Gasteiger partial charge in [-0.05, 0) is 25.1 Å². The molecule has 1 aromatic heterocycles. The van der Waals surface area contributed by atoms with Gasteiger partial charge in [-0.3, -0.25) is 14.9 Å². The Bertz CT molecular complexity index is 1010. The van der Waals surface area contributed by atoms with Gasteiger partial charge >= 0.3 is 5.97 Å². The number of aromatic carboxylic acids is 1. The van der Waals surface area contributed by atoms with Crippen LogP contribution in [0.25, 0.3) is 5.69 Å². The Morgan fingerprint density at radius 2 is 1.78 bits per heavy atom. The lowest BCUT2D eigenvalue weighted by Gasteiger charge is -2.09. The predicted molar refractivity (Wildman–Crippen MR) is 96.3 cm³/mol. The van der Waals surface area contributed by atoms with E-state index in [-0.39, 0.29) is 11.1 Å². The molecule has 2 N–H and O–H groups in total. The molecule has 0 aliphatic heterocycles. The summed E-state index contributed by atoms with van der Waals surface area (Å²) in [6.45, 7) is 1.75. The van der Waals surface area contributed by atoms with Gasteiger partial charge in [-0.25, -0.2) is 9.48 Å². The molecule has 0 bridgehead atoms. The minimum Gasteiger partial charge on any atom is -0.478 e. The average molecular weight is 366 g/mol. The summed E-state index contributed by atoms with van der Waals surface area (Å²) in [6, 6.07) is 13.7. The molecule has 0 saturated heterocycles. The van der Waals surface area contributed by atoms with Crippen molar-refractivity contribution >= 4 is 23.4 Å². The predicted octanol–water partition coefficient (Wildman–Crippen LogP) is 3.04. The number of nitro groups is 1. The first-order valence-electron chi connectivity index (χ1n) is 7.81. The number of para-hydroxylation sites is 1. The van der Waals surface area contributed by atoms with Gasteiger partial charge in [0.25, 0.3) is 11.6 Å². The molecule has 0 aliphatic carbocycles. The van der Waals surface area contributed by atoms with E-state index in [1.807, 2.05) is 18.2 Å². The molecule has 9 heteroatoms. The maximum Gasteiger partial charge on any atom is 0.335 e. The van der Waals surface area contributed by atoms with Crippen LogP contribution >= 0.6 is 0 Å². The number of nitrogens with zero attached hydrogens (tertiary/aromatic N) is 3. The number of benzene rings is 2. The topological polar surface area (TPSA) is 127 Å². The SMILES string of the molecule is Cc1cc(NC(=O)c2cc(C(=O)O)cc([N+](=O)[O-])c2)n(-c2ccccc2)n1. The third-order valence-corrected chi connectivity index (χ3v) is 3.71. The number of non-ortho nitro benzene ring substituents is 1. The second-order valence-electron chi connectivity index (χ2n) is 5.70. The summed E-state index contributed by atoms with van der Waals surface area (Å²) in [5.74, 6) is -1.69. The van der Waals surface area contributed by atoms with Crippen molar-refractivity contribution in [3.05, 3.63) is 81.5 Å². The van der Waals surface area contributed by atoms with Crippen molar-refractivity contribution < 1.29 is 19.6 Å². The van der Waals surface area contributed by atoms with Gasteiger partial charge in [0, 0.05) is 23.8 Å². The van der Waals surface area contributed by atoms with E-state index in [0.29, 0.717) is 17.2 Å². The van der Waals surface area contributed by atoms with Crippen LogP contribution in [0.3, 0.4) is 0 Å². The average Bonchev–Trinajstić information content (AvgIpc) is 3.02. The van der Waals surface area contributed by atoms with E-state index in [2.05, 4.69) is 10.4 Å². The summed E-state index contributed by atoms with van der Waals surface area (Å²) in [4.78, 5) is 34.0. The molecule has 3 rings (SSSR count). The molecule has 1 amide bonds. The molecule has 9 nitrogen and oxygen atoms in total. The molecule has 0 atom stereocenters. The number of carboxylic acid groups (broad SMARTS) is 1. The van der Waals surface area contributed by atoms with Crippen LogP contribution in [0.5, 0.6) is 0 Å². The smallest absolute Gasteiger partial charge is 0.335 e. The minimum atomic E-state index is -1.36. The number of carboxylic acids is 1. The Kier molecular flexibility index (Phi) is 4.67. The molecule has 0 spiro atoms. The Balaban J connectivity index is 1.97. The van der Waals surface area contributed by atoms with Crippen LogP contribution in [0.4, 0.5) is 11.5 Å². The van der Waals surface area contributed by atoms with E-state index in [9.17, 15) is 19.7 Å². The molecule has 0 fully saturated rings. The van der Waals surface area contributed by atoms with Gasteiger partial charge in [0.05, 0.1) is 21.9 Å². The molecule has 0 unspecified atom stereocenters. The largest absolute Gasteiger partial charge is 0.478 e. The first-order chi connectivity index (χ1) is 12.8. The van der Waals surface area contributed by atoms with Crippen LogP contribution in [-0.2, 0) is 0 Å². The van der Waals surface area contributed by atoms with Gasteiger partial charge in [0.1, 0.15) is 5.82 Å². The third-order valence-electron chi connectivity index (χ3n) is 3.71. The lowest BCUT2D eigenvalue weighted by Crippen LogP contribution is -2.16. The van der Waals surface area contributed by atoms with Crippen molar-refractivity contribution in [3.8, 4) is 5.69 Å². The van der Waals surface area contributed by atoms with E-state index >= 15 is 0 Å². The zero-order valence-corrected chi connectivity index (χ0v) is 14.1. The number of hydrogen-bond donors (Lipinski definition) is 2. The molecule has 0 aliphatic rings. The Hall–Kier alpha value is -4.01. The van der Waals surface area contributed by atoms with Crippen LogP contribution < -0.4 is 5.32 Å². The highest BCUT2D eigenvalue weighted by molar-refractivity contribution is 6.06. The first kappa shape index (κ1) is 17.8. The summed E-state index contributed by atoms with van der Waals surface area (Å²) in [5.41, 5.74) is 0.403. The minimum absolute atomic E-state index is 0.139. The van der Waals surface area contributed by atoms with Crippen LogP contribution in [0.1, 0.15) is 26.4 Å². The molecular weight excluding hydrogens is 352 g/mol. The number of rotatable bonds is 5. The number of aromatic nitrogens is 2. The van der Waals surface area contributed by atoms with Gasteiger partial charge in [0.15, 0.2) is 0 Å². The Labute approximate surface area is 153 Å². The summed E-state index contributed by atoms with van der Waals surface area (Å²) in [5, 5.41) is 27.1. The van der Waals surface area contributed by atoms with Gasteiger partial charge in [-0.15, -0.1) is 0 Å². The number of aryl methyl sites for hydroxylation is 1. The molecule has 27 heavy (non-hydrogen) atoms. The molecule has 3 aromatic rings. The van der Waals surface area contributed by atoms with E-state index in [0.717, 1.165) is 18.2 Å². The summed E-state index contributed by atoms with van der Waals surface area (Å²) < 4.78 is 1.52. The molecule has 1 heterocycles. The zero-order valence-electron chi connectivity index (χ0n) is 14.1. The molecule has 0 radical (unpaired) electrons. The quantitative estimate of drug-likeness (QED) is 0.528. The van der Waals surface area contributed by atoms with Crippen molar-refractivity contribution in [1.29, 1.82) is 0 Å². The number of nitrogens with one attached hydrogen (secondary N) is 1. The third kappa shape index (κ3) is 3.82. The van der Waals surface area contributed by atoms with Crippen molar-refractivity contribution in [2.45, 2.75) is 6.92 Å². The fourth-order valence-electron chi connectivity index (χ4n) is 2.51.